The van der Waals surface area contributed by atoms with Crippen LogP contribution in [-0.2, 0) is 4.74 Å². The van der Waals surface area contributed by atoms with Gasteiger partial charge in [0.25, 0.3) is 5.91 Å². The second-order valence-electron chi connectivity index (χ2n) is 3.74. The second-order valence-corrected chi connectivity index (χ2v) is 4.90. The number of halogens is 1. The number of carbonyl (C=O) groups excluding carboxylic acids is 1. The number of benzene rings is 1. The first-order valence-corrected chi connectivity index (χ1v) is 6.37. The van der Waals surface area contributed by atoms with E-state index in [4.69, 9.17) is 4.74 Å². The van der Waals surface area contributed by atoms with E-state index in [1.165, 1.54) is 6.07 Å². The summed E-state index contributed by atoms with van der Waals surface area (Å²) in [6.07, 6.45) is 0.801. The Bertz CT molecular complexity index is 395. The average Bonchev–Trinajstić information content (AvgIpc) is 2.32. The zero-order chi connectivity index (χ0) is 12.8. The summed E-state index contributed by atoms with van der Waals surface area (Å²) in [5.74, 6) is 0.0505. The van der Waals surface area contributed by atoms with E-state index in [0.29, 0.717) is 18.7 Å². The fraction of sp³-hybridized carbons (Fsp3) is 0.417. The first-order valence-electron chi connectivity index (χ1n) is 5.29. The first-order chi connectivity index (χ1) is 8.06. The van der Waals surface area contributed by atoms with Crippen molar-refractivity contribution < 1.29 is 14.6 Å². The number of carbonyl (C=O) groups is 1. The number of hydrogen-bond donors (Lipinski definition) is 1. The molecule has 1 aromatic carbocycles. The summed E-state index contributed by atoms with van der Waals surface area (Å²) in [7, 11) is 3.38. The molecule has 0 radical (unpaired) electrons. The molecule has 5 heteroatoms. The summed E-state index contributed by atoms with van der Waals surface area (Å²) >= 11 is 2.02. The lowest BCUT2D eigenvalue weighted by Gasteiger charge is -2.17. The molecule has 0 saturated carbocycles. The van der Waals surface area contributed by atoms with E-state index in [1.54, 1.807) is 31.2 Å². The van der Waals surface area contributed by atoms with Gasteiger partial charge in [0.15, 0.2) is 0 Å². The van der Waals surface area contributed by atoms with E-state index in [9.17, 15) is 9.90 Å². The normalized spacial score (nSPS) is 10.3. The lowest BCUT2D eigenvalue weighted by atomic mass is 10.2. The zero-order valence-electron chi connectivity index (χ0n) is 9.94. The van der Waals surface area contributed by atoms with Crippen LogP contribution < -0.4 is 0 Å². The van der Waals surface area contributed by atoms with Crippen LogP contribution in [0.2, 0.25) is 0 Å². The smallest absolute Gasteiger partial charge is 0.253 e. The number of hydrogen-bond acceptors (Lipinski definition) is 3. The van der Waals surface area contributed by atoms with Crippen molar-refractivity contribution in [2.45, 2.75) is 6.42 Å². The standard InChI is InChI=1S/C12H16INO3/c1-14(6-3-7-17-2)12(16)9-4-5-10(13)11(15)8-9/h4-5,8,15H,3,6-7H2,1-2H3. The summed E-state index contributed by atoms with van der Waals surface area (Å²) < 4.78 is 5.67. The van der Waals surface area contributed by atoms with Crippen LogP contribution in [-0.4, -0.2) is 43.2 Å². The molecule has 0 saturated heterocycles. The topological polar surface area (TPSA) is 49.8 Å². The zero-order valence-corrected chi connectivity index (χ0v) is 12.1. The van der Waals surface area contributed by atoms with E-state index < -0.39 is 0 Å². The highest BCUT2D eigenvalue weighted by Gasteiger charge is 2.12. The highest BCUT2D eigenvalue weighted by atomic mass is 127. The largest absolute Gasteiger partial charge is 0.507 e. The maximum absolute atomic E-state index is 12.0. The molecule has 0 aliphatic rings. The fourth-order valence-electron chi connectivity index (χ4n) is 1.41. The number of nitrogens with zero attached hydrogens (tertiary/aromatic N) is 1. The van der Waals surface area contributed by atoms with Gasteiger partial charge in [0.2, 0.25) is 0 Å². The Labute approximate surface area is 115 Å². The number of rotatable bonds is 5. The van der Waals surface area contributed by atoms with Crippen molar-refractivity contribution in [1.29, 1.82) is 0 Å². The third-order valence-corrected chi connectivity index (χ3v) is 3.29. The lowest BCUT2D eigenvalue weighted by Crippen LogP contribution is -2.28. The summed E-state index contributed by atoms with van der Waals surface area (Å²) in [5, 5.41) is 9.55. The molecule has 4 nitrogen and oxygen atoms in total. The van der Waals surface area contributed by atoms with Gasteiger partial charge in [0, 0.05) is 32.9 Å². The molecule has 0 heterocycles. The minimum Gasteiger partial charge on any atom is -0.507 e. The minimum atomic E-state index is -0.0900. The summed E-state index contributed by atoms with van der Waals surface area (Å²) in [6, 6.07) is 4.94. The molecule has 0 aliphatic carbocycles. The number of amides is 1. The molecule has 0 aromatic heterocycles. The van der Waals surface area contributed by atoms with E-state index in [2.05, 4.69) is 0 Å². The van der Waals surface area contributed by atoms with Crippen molar-refractivity contribution >= 4 is 28.5 Å². The van der Waals surface area contributed by atoms with Gasteiger partial charge in [-0.1, -0.05) is 0 Å². The third-order valence-electron chi connectivity index (χ3n) is 2.38. The monoisotopic (exact) mass is 349 g/mol. The van der Waals surface area contributed by atoms with Crippen LogP contribution in [0.15, 0.2) is 18.2 Å². The highest BCUT2D eigenvalue weighted by molar-refractivity contribution is 14.1. The van der Waals surface area contributed by atoms with Crippen LogP contribution in [0, 0.1) is 3.57 Å². The van der Waals surface area contributed by atoms with Crippen molar-refractivity contribution in [2.24, 2.45) is 0 Å². The Hall–Kier alpha value is -0.820. The lowest BCUT2D eigenvalue weighted by molar-refractivity contribution is 0.0779. The first kappa shape index (κ1) is 14.2. The number of phenols is 1. The molecule has 17 heavy (non-hydrogen) atoms. The summed E-state index contributed by atoms with van der Waals surface area (Å²) in [6.45, 7) is 1.27. The van der Waals surface area contributed by atoms with Gasteiger partial charge in [0.05, 0.1) is 3.57 Å². The van der Waals surface area contributed by atoms with Crippen molar-refractivity contribution in [3.63, 3.8) is 0 Å². The van der Waals surface area contributed by atoms with Gasteiger partial charge in [-0.2, -0.15) is 0 Å². The molecule has 0 spiro atoms. The van der Waals surface area contributed by atoms with E-state index >= 15 is 0 Å². The van der Waals surface area contributed by atoms with Gasteiger partial charge in [-0.05, 0) is 47.2 Å². The van der Waals surface area contributed by atoms with Crippen molar-refractivity contribution in [3.8, 4) is 5.75 Å². The highest BCUT2D eigenvalue weighted by Crippen LogP contribution is 2.21. The number of aromatic hydroxyl groups is 1. The quantitative estimate of drug-likeness (QED) is 0.654. The maximum Gasteiger partial charge on any atom is 0.253 e. The molecule has 1 N–H and O–H groups in total. The predicted molar refractivity (Wildman–Crippen MR) is 74.3 cm³/mol. The third kappa shape index (κ3) is 4.16. The molecule has 1 aromatic rings. The Morgan fingerprint density at radius 2 is 2.24 bits per heavy atom. The van der Waals surface area contributed by atoms with Crippen LogP contribution in [0.3, 0.4) is 0 Å². The molecular formula is C12H16INO3. The van der Waals surface area contributed by atoms with Crippen molar-refractivity contribution in [3.05, 3.63) is 27.3 Å². The molecular weight excluding hydrogens is 333 g/mol. The van der Waals surface area contributed by atoms with Crippen LogP contribution in [0.4, 0.5) is 0 Å². The van der Waals surface area contributed by atoms with Gasteiger partial charge in [0.1, 0.15) is 5.75 Å². The van der Waals surface area contributed by atoms with Gasteiger partial charge in [-0.25, -0.2) is 0 Å². The Kier molecular flexibility index (Phi) is 5.70. The van der Waals surface area contributed by atoms with Crippen molar-refractivity contribution in [1.82, 2.24) is 4.90 Å². The molecule has 1 rings (SSSR count). The minimum absolute atomic E-state index is 0.0900. The SMILES string of the molecule is COCCCN(C)C(=O)c1ccc(I)c(O)c1. The summed E-state index contributed by atoms with van der Waals surface area (Å²) in [5.41, 5.74) is 0.503. The molecule has 94 valence electrons. The van der Waals surface area contributed by atoms with E-state index in [1.807, 2.05) is 22.6 Å². The van der Waals surface area contributed by atoms with Crippen LogP contribution in [0.1, 0.15) is 16.8 Å². The number of ether oxygens (including phenoxy) is 1. The van der Waals surface area contributed by atoms with E-state index in [-0.39, 0.29) is 11.7 Å². The molecule has 0 unspecified atom stereocenters. The summed E-state index contributed by atoms with van der Waals surface area (Å²) in [4.78, 5) is 13.6. The maximum atomic E-state index is 12.0. The van der Waals surface area contributed by atoms with Gasteiger partial charge < -0.3 is 14.7 Å². The Morgan fingerprint density at radius 3 is 2.82 bits per heavy atom. The average molecular weight is 349 g/mol. The Morgan fingerprint density at radius 1 is 1.53 bits per heavy atom. The molecule has 1 amide bonds. The van der Waals surface area contributed by atoms with Crippen LogP contribution >= 0.6 is 22.6 Å². The second kappa shape index (κ2) is 6.80. The predicted octanol–water partition coefficient (Wildman–Crippen LogP) is 2.11. The molecule has 0 atom stereocenters. The number of methoxy groups -OCH3 is 1. The fourth-order valence-corrected chi connectivity index (χ4v) is 1.75. The van der Waals surface area contributed by atoms with Crippen LogP contribution in [0.25, 0.3) is 0 Å². The van der Waals surface area contributed by atoms with E-state index in [0.717, 1.165) is 9.99 Å². The van der Waals surface area contributed by atoms with Crippen molar-refractivity contribution in [2.75, 3.05) is 27.3 Å². The molecule has 0 aliphatic heterocycles. The van der Waals surface area contributed by atoms with Gasteiger partial charge in [-0.3, -0.25) is 4.79 Å². The number of phenolic OH excluding ortho intramolecular Hbond substituents is 1. The van der Waals surface area contributed by atoms with Gasteiger partial charge >= 0.3 is 0 Å². The molecule has 0 bridgehead atoms. The molecule has 0 fully saturated rings. The Balaban J connectivity index is 2.65. The van der Waals surface area contributed by atoms with Crippen LogP contribution in [0.5, 0.6) is 5.75 Å². The van der Waals surface area contributed by atoms with Gasteiger partial charge in [-0.15, -0.1) is 0 Å².